The molecule has 0 aliphatic heterocycles. The predicted molar refractivity (Wildman–Crippen MR) is 65.1 cm³/mol. The van der Waals surface area contributed by atoms with Crippen LogP contribution in [0.5, 0.6) is 0 Å². The van der Waals surface area contributed by atoms with Gasteiger partial charge in [-0.05, 0) is 11.1 Å². The lowest BCUT2D eigenvalue weighted by molar-refractivity contribution is 1.07. The van der Waals surface area contributed by atoms with Crippen molar-refractivity contribution in [2.24, 2.45) is 11.5 Å². The zero-order valence-electron chi connectivity index (χ0n) is 8.64. The van der Waals surface area contributed by atoms with Gasteiger partial charge in [0.2, 0.25) is 0 Å². The fourth-order valence-corrected chi connectivity index (χ4v) is 1.26. The Hall–Kier alpha value is -1.64. The van der Waals surface area contributed by atoms with E-state index < -0.39 is 0 Å². The fraction of sp³-hybridized carbons (Fsp3) is 0.0769. The zero-order chi connectivity index (χ0) is 10.9. The van der Waals surface area contributed by atoms with Gasteiger partial charge in [0.05, 0.1) is 0 Å². The molecule has 0 aliphatic rings. The van der Waals surface area contributed by atoms with Crippen LogP contribution < -0.4 is 11.5 Å². The molecule has 0 aliphatic carbocycles. The van der Waals surface area contributed by atoms with E-state index in [0.29, 0.717) is 0 Å². The fourth-order valence-electron chi connectivity index (χ4n) is 1.26. The highest BCUT2D eigenvalue weighted by Crippen LogP contribution is 2.17. The Labute approximate surface area is 90.5 Å². The molecule has 0 spiro atoms. The molecule has 0 heterocycles. The van der Waals surface area contributed by atoms with Gasteiger partial charge in [0.15, 0.2) is 0 Å². The van der Waals surface area contributed by atoms with Crippen molar-refractivity contribution in [1.29, 1.82) is 0 Å². The van der Waals surface area contributed by atoms with E-state index in [0.717, 1.165) is 0 Å². The quantitative estimate of drug-likeness (QED) is 0.693. The van der Waals surface area contributed by atoms with Crippen LogP contribution in [0.1, 0.15) is 0 Å². The molecule has 2 rings (SSSR count). The summed E-state index contributed by atoms with van der Waals surface area (Å²) in [6, 6.07) is 20.8. The number of benzene rings is 2. The molecular weight excluding hydrogens is 184 g/mol. The van der Waals surface area contributed by atoms with Crippen molar-refractivity contribution in [3.05, 3.63) is 60.7 Å². The first-order chi connectivity index (χ1) is 7.38. The van der Waals surface area contributed by atoms with Crippen molar-refractivity contribution in [3.8, 4) is 11.1 Å². The highest BCUT2D eigenvalue weighted by Gasteiger charge is 1.91. The van der Waals surface area contributed by atoms with Gasteiger partial charge < -0.3 is 11.5 Å². The van der Waals surface area contributed by atoms with Gasteiger partial charge in [0.25, 0.3) is 0 Å². The zero-order valence-corrected chi connectivity index (χ0v) is 8.64. The SMILES string of the molecule is NCN.c1ccc(-c2ccccc2)cc1. The Morgan fingerprint density at radius 1 is 0.600 bits per heavy atom. The molecule has 2 aromatic rings. The van der Waals surface area contributed by atoms with Gasteiger partial charge in [-0.3, -0.25) is 0 Å². The summed E-state index contributed by atoms with van der Waals surface area (Å²) >= 11 is 0. The van der Waals surface area contributed by atoms with E-state index in [2.05, 4.69) is 60.0 Å². The first kappa shape index (κ1) is 11.4. The lowest BCUT2D eigenvalue weighted by atomic mass is 10.1. The second kappa shape index (κ2) is 6.76. The smallest absolute Gasteiger partial charge is 0.0403 e. The third-order valence-electron chi connectivity index (χ3n) is 1.88. The molecule has 0 bridgehead atoms. The highest BCUT2D eigenvalue weighted by atomic mass is 14.7. The second-order valence-electron chi connectivity index (χ2n) is 2.97. The third kappa shape index (κ3) is 3.94. The number of hydrogen-bond donors (Lipinski definition) is 2. The minimum atomic E-state index is 0.250. The Kier molecular flexibility index (Phi) is 5.15. The van der Waals surface area contributed by atoms with Gasteiger partial charge in [0.1, 0.15) is 0 Å². The van der Waals surface area contributed by atoms with Crippen LogP contribution in [0, 0.1) is 0 Å². The van der Waals surface area contributed by atoms with E-state index in [4.69, 9.17) is 0 Å². The normalized spacial score (nSPS) is 8.93. The van der Waals surface area contributed by atoms with Crippen molar-refractivity contribution in [2.75, 3.05) is 6.67 Å². The molecule has 2 heteroatoms. The van der Waals surface area contributed by atoms with Crippen LogP contribution in [0.15, 0.2) is 60.7 Å². The van der Waals surface area contributed by atoms with Crippen LogP contribution in [0.25, 0.3) is 11.1 Å². The molecule has 78 valence electrons. The standard InChI is InChI=1S/C12H10.CH6N2/c1-3-7-11(8-4-1)12-9-5-2-6-10-12;2-1-3/h1-10H;1-3H2. The lowest BCUT2D eigenvalue weighted by Gasteiger charge is -1.98. The van der Waals surface area contributed by atoms with Gasteiger partial charge in [-0.2, -0.15) is 0 Å². The van der Waals surface area contributed by atoms with Gasteiger partial charge in [-0.1, -0.05) is 60.7 Å². The van der Waals surface area contributed by atoms with Gasteiger partial charge in [-0.25, -0.2) is 0 Å². The molecule has 0 radical (unpaired) electrons. The van der Waals surface area contributed by atoms with Crippen LogP contribution in [0.2, 0.25) is 0 Å². The maximum Gasteiger partial charge on any atom is 0.0403 e. The van der Waals surface area contributed by atoms with Crippen molar-refractivity contribution in [1.82, 2.24) is 0 Å². The summed E-state index contributed by atoms with van der Waals surface area (Å²) in [5.41, 5.74) is 11.8. The Balaban J connectivity index is 0.000000337. The van der Waals surface area contributed by atoms with Crippen molar-refractivity contribution in [3.63, 3.8) is 0 Å². The Morgan fingerprint density at radius 2 is 0.867 bits per heavy atom. The van der Waals surface area contributed by atoms with Gasteiger partial charge in [0, 0.05) is 6.67 Å². The molecule has 0 fully saturated rings. The summed E-state index contributed by atoms with van der Waals surface area (Å²) in [4.78, 5) is 0. The van der Waals surface area contributed by atoms with Crippen LogP contribution in [0.3, 0.4) is 0 Å². The van der Waals surface area contributed by atoms with E-state index in [1.807, 2.05) is 12.1 Å². The van der Waals surface area contributed by atoms with Crippen LogP contribution >= 0.6 is 0 Å². The second-order valence-corrected chi connectivity index (χ2v) is 2.97. The third-order valence-corrected chi connectivity index (χ3v) is 1.88. The number of hydrogen-bond acceptors (Lipinski definition) is 2. The Bertz CT molecular complexity index is 319. The van der Waals surface area contributed by atoms with Crippen molar-refractivity contribution >= 4 is 0 Å². The van der Waals surface area contributed by atoms with Crippen molar-refractivity contribution in [2.45, 2.75) is 0 Å². The summed E-state index contributed by atoms with van der Waals surface area (Å²) < 4.78 is 0. The van der Waals surface area contributed by atoms with E-state index >= 15 is 0 Å². The van der Waals surface area contributed by atoms with Crippen LogP contribution in [-0.4, -0.2) is 6.67 Å². The average molecular weight is 200 g/mol. The molecule has 15 heavy (non-hydrogen) atoms. The lowest BCUT2D eigenvalue weighted by Crippen LogP contribution is -2.08. The number of rotatable bonds is 1. The largest absolute Gasteiger partial charge is 0.319 e. The summed E-state index contributed by atoms with van der Waals surface area (Å²) in [6.45, 7) is 0.250. The van der Waals surface area contributed by atoms with E-state index in [1.54, 1.807) is 0 Å². The maximum absolute atomic E-state index is 4.62. The summed E-state index contributed by atoms with van der Waals surface area (Å²) in [7, 11) is 0. The summed E-state index contributed by atoms with van der Waals surface area (Å²) in [6.07, 6.45) is 0. The van der Waals surface area contributed by atoms with Gasteiger partial charge in [-0.15, -0.1) is 0 Å². The topological polar surface area (TPSA) is 52.0 Å². The molecule has 0 aromatic heterocycles. The molecule has 2 aromatic carbocycles. The predicted octanol–water partition coefficient (Wildman–Crippen LogP) is 2.21. The molecule has 0 saturated heterocycles. The molecule has 0 amide bonds. The maximum atomic E-state index is 4.62. The summed E-state index contributed by atoms with van der Waals surface area (Å²) in [5, 5.41) is 0. The minimum absolute atomic E-state index is 0.250. The first-order valence-electron chi connectivity index (χ1n) is 4.89. The van der Waals surface area contributed by atoms with Crippen molar-refractivity contribution < 1.29 is 0 Å². The summed E-state index contributed by atoms with van der Waals surface area (Å²) in [5.74, 6) is 0. The molecule has 0 atom stereocenters. The monoisotopic (exact) mass is 200 g/mol. The van der Waals surface area contributed by atoms with E-state index in [9.17, 15) is 0 Å². The minimum Gasteiger partial charge on any atom is -0.319 e. The molecule has 2 nitrogen and oxygen atoms in total. The van der Waals surface area contributed by atoms with Gasteiger partial charge >= 0.3 is 0 Å². The molecular formula is C13H16N2. The van der Waals surface area contributed by atoms with Crippen LogP contribution in [0.4, 0.5) is 0 Å². The molecule has 4 N–H and O–H groups in total. The molecule has 0 saturated carbocycles. The highest BCUT2D eigenvalue weighted by molar-refractivity contribution is 5.62. The first-order valence-corrected chi connectivity index (χ1v) is 4.89. The Morgan fingerprint density at radius 3 is 1.13 bits per heavy atom. The average Bonchev–Trinajstić information content (AvgIpc) is 2.32. The molecule has 0 unspecified atom stereocenters. The van der Waals surface area contributed by atoms with E-state index in [1.165, 1.54) is 11.1 Å². The van der Waals surface area contributed by atoms with Crippen LogP contribution in [-0.2, 0) is 0 Å². The number of nitrogens with two attached hydrogens (primary N) is 2. The van der Waals surface area contributed by atoms with E-state index in [-0.39, 0.29) is 6.67 Å².